The highest BCUT2D eigenvalue weighted by Gasteiger charge is 2.23. The van der Waals surface area contributed by atoms with Crippen LogP contribution in [-0.2, 0) is 9.63 Å². The second-order valence-corrected chi connectivity index (χ2v) is 3.68. The van der Waals surface area contributed by atoms with Crippen molar-refractivity contribution in [2.75, 3.05) is 26.4 Å². The average molecular weight is 217 g/mol. The number of nitrogens with zero attached hydrogens (tertiary/aromatic N) is 2. The molecule has 1 N–H and O–H groups in total. The maximum absolute atomic E-state index is 11.4. The summed E-state index contributed by atoms with van der Waals surface area (Å²) in [6.45, 7) is 0.683. The maximum Gasteiger partial charge on any atom is 0.433 e. The summed E-state index contributed by atoms with van der Waals surface area (Å²) in [7, 11) is 3.10. The molecule has 0 atom stereocenters. The van der Waals surface area contributed by atoms with Gasteiger partial charge in [-0.3, -0.25) is 9.63 Å². The standard InChI is InChI=1S/C7H11N3O3S/c1-8-7(12)13-9-5-6(11)10(2)3-4-14-5/h3-4H2,1-2H3,(H,8,12). The second kappa shape index (κ2) is 4.85. The van der Waals surface area contributed by atoms with Gasteiger partial charge < -0.3 is 10.2 Å². The summed E-state index contributed by atoms with van der Waals surface area (Å²) in [5, 5.41) is 5.90. The first-order valence-electron chi connectivity index (χ1n) is 4.00. The van der Waals surface area contributed by atoms with Crippen molar-refractivity contribution in [3.63, 3.8) is 0 Å². The Balaban J connectivity index is 2.57. The molecule has 14 heavy (non-hydrogen) atoms. The lowest BCUT2D eigenvalue weighted by Gasteiger charge is -2.21. The Morgan fingerprint density at radius 1 is 1.71 bits per heavy atom. The molecule has 0 saturated carbocycles. The number of carbonyl (C=O) groups is 2. The number of hydrogen-bond acceptors (Lipinski definition) is 5. The van der Waals surface area contributed by atoms with Gasteiger partial charge in [-0.05, 0) is 0 Å². The molecule has 6 nitrogen and oxygen atoms in total. The van der Waals surface area contributed by atoms with Crippen LogP contribution >= 0.6 is 11.8 Å². The molecule has 1 fully saturated rings. The van der Waals surface area contributed by atoms with Gasteiger partial charge in [0.05, 0.1) is 0 Å². The summed E-state index contributed by atoms with van der Waals surface area (Å²) in [6.07, 6.45) is -0.681. The number of rotatable bonds is 1. The van der Waals surface area contributed by atoms with Crippen molar-refractivity contribution in [3.8, 4) is 0 Å². The molecule has 7 heteroatoms. The van der Waals surface area contributed by atoms with E-state index in [0.29, 0.717) is 6.54 Å². The van der Waals surface area contributed by atoms with Crippen LogP contribution in [0.15, 0.2) is 5.16 Å². The van der Waals surface area contributed by atoms with Gasteiger partial charge in [-0.25, -0.2) is 4.79 Å². The molecule has 2 amide bonds. The van der Waals surface area contributed by atoms with Gasteiger partial charge in [0, 0.05) is 26.4 Å². The van der Waals surface area contributed by atoms with Crippen LogP contribution in [0.2, 0.25) is 0 Å². The van der Waals surface area contributed by atoms with Gasteiger partial charge in [-0.1, -0.05) is 16.9 Å². The Hall–Kier alpha value is -1.24. The highest BCUT2D eigenvalue weighted by atomic mass is 32.2. The maximum atomic E-state index is 11.4. The van der Waals surface area contributed by atoms with Crippen molar-refractivity contribution in [3.05, 3.63) is 0 Å². The van der Waals surface area contributed by atoms with E-state index in [1.807, 2.05) is 0 Å². The van der Waals surface area contributed by atoms with Crippen molar-refractivity contribution in [2.45, 2.75) is 0 Å². The largest absolute Gasteiger partial charge is 0.433 e. The molecule has 0 aromatic heterocycles. The number of nitrogens with one attached hydrogen (secondary N) is 1. The lowest BCUT2D eigenvalue weighted by atomic mass is 10.5. The van der Waals surface area contributed by atoms with Crippen LogP contribution in [0.3, 0.4) is 0 Å². The molecule has 0 unspecified atom stereocenters. The monoisotopic (exact) mass is 217 g/mol. The summed E-state index contributed by atoms with van der Waals surface area (Å²) in [5.74, 6) is 0.545. The van der Waals surface area contributed by atoms with E-state index in [-0.39, 0.29) is 11.0 Å². The summed E-state index contributed by atoms with van der Waals surface area (Å²) in [6, 6.07) is 0. The molecule has 1 rings (SSSR count). The molecule has 0 radical (unpaired) electrons. The molecule has 1 aliphatic rings. The molecular formula is C7H11N3O3S. The topological polar surface area (TPSA) is 71.0 Å². The van der Waals surface area contributed by atoms with Gasteiger partial charge in [-0.15, -0.1) is 0 Å². The Morgan fingerprint density at radius 2 is 2.43 bits per heavy atom. The number of hydrogen-bond donors (Lipinski definition) is 1. The van der Waals surface area contributed by atoms with Crippen LogP contribution < -0.4 is 5.32 Å². The first kappa shape index (κ1) is 10.8. The first-order chi connectivity index (χ1) is 6.65. The van der Waals surface area contributed by atoms with E-state index in [0.717, 1.165) is 5.75 Å². The van der Waals surface area contributed by atoms with Gasteiger partial charge in [0.1, 0.15) is 0 Å². The van der Waals surface area contributed by atoms with Crippen molar-refractivity contribution in [1.82, 2.24) is 10.2 Å². The van der Waals surface area contributed by atoms with Gasteiger partial charge in [0.15, 0.2) is 0 Å². The molecule has 0 aromatic rings. The second-order valence-electron chi connectivity index (χ2n) is 2.60. The Bertz CT molecular complexity index is 279. The van der Waals surface area contributed by atoms with Gasteiger partial charge >= 0.3 is 6.09 Å². The summed E-state index contributed by atoms with van der Waals surface area (Å²) < 4.78 is 0. The zero-order chi connectivity index (χ0) is 10.6. The third-order valence-electron chi connectivity index (χ3n) is 1.61. The number of carbonyl (C=O) groups excluding carboxylic acids is 2. The predicted molar refractivity (Wildman–Crippen MR) is 53.1 cm³/mol. The normalized spacial score (nSPS) is 19.7. The summed E-state index contributed by atoms with van der Waals surface area (Å²) in [4.78, 5) is 28.0. The minimum atomic E-state index is -0.681. The van der Waals surface area contributed by atoms with Gasteiger partial charge in [-0.2, -0.15) is 0 Å². The molecule has 0 aliphatic carbocycles. The van der Waals surface area contributed by atoms with Crippen LogP contribution in [0.5, 0.6) is 0 Å². The Morgan fingerprint density at radius 3 is 3.07 bits per heavy atom. The highest BCUT2D eigenvalue weighted by molar-refractivity contribution is 8.15. The Kier molecular flexibility index (Phi) is 3.75. The predicted octanol–water partition coefficient (Wildman–Crippen LogP) is -0.139. The molecule has 1 heterocycles. The molecule has 1 aliphatic heterocycles. The van der Waals surface area contributed by atoms with Crippen LogP contribution in [0, 0.1) is 0 Å². The zero-order valence-electron chi connectivity index (χ0n) is 7.94. The van der Waals surface area contributed by atoms with Crippen LogP contribution in [0.4, 0.5) is 4.79 Å². The minimum absolute atomic E-state index is 0.211. The van der Waals surface area contributed by atoms with Crippen LogP contribution in [0.1, 0.15) is 0 Å². The van der Waals surface area contributed by atoms with Crippen LogP contribution in [-0.4, -0.2) is 48.3 Å². The third kappa shape index (κ3) is 2.63. The van der Waals surface area contributed by atoms with E-state index in [1.165, 1.54) is 23.7 Å². The average Bonchev–Trinajstić information content (AvgIpc) is 2.20. The fourth-order valence-electron chi connectivity index (χ4n) is 0.800. The molecule has 0 aromatic carbocycles. The molecule has 0 bridgehead atoms. The summed E-state index contributed by atoms with van der Waals surface area (Å²) >= 11 is 1.28. The summed E-state index contributed by atoms with van der Waals surface area (Å²) in [5.41, 5.74) is 0. The van der Waals surface area contributed by atoms with Gasteiger partial charge in [0.2, 0.25) is 5.04 Å². The van der Waals surface area contributed by atoms with E-state index in [9.17, 15) is 9.59 Å². The minimum Gasteiger partial charge on any atom is -0.339 e. The fourth-order valence-corrected chi connectivity index (χ4v) is 1.73. The quantitative estimate of drug-likeness (QED) is 0.490. The number of thioether (sulfide) groups is 1. The van der Waals surface area contributed by atoms with Crippen molar-refractivity contribution in [1.29, 1.82) is 0 Å². The van der Waals surface area contributed by atoms with E-state index in [1.54, 1.807) is 7.05 Å². The van der Waals surface area contributed by atoms with Crippen LogP contribution in [0.25, 0.3) is 0 Å². The lowest BCUT2D eigenvalue weighted by Crippen LogP contribution is -2.38. The molecular weight excluding hydrogens is 206 g/mol. The van der Waals surface area contributed by atoms with Crippen molar-refractivity contribution >= 4 is 28.8 Å². The first-order valence-corrected chi connectivity index (χ1v) is 4.98. The zero-order valence-corrected chi connectivity index (χ0v) is 8.76. The molecule has 1 saturated heterocycles. The lowest BCUT2D eigenvalue weighted by molar-refractivity contribution is -0.122. The molecule has 0 spiro atoms. The van der Waals surface area contributed by atoms with Gasteiger partial charge in [0.25, 0.3) is 5.91 Å². The fraction of sp³-hybridized carbons (Fsp3) is 0.571. The van der Waals surface area contributed by atoms with Crippen molar-refractivity contribution in [2.24, 2.45) is 5.16 Å². The van der Waals surface area contributed by atoms with E-state index < -0.39 is 6.09 Å². The SMILES string of the molecule is CNC(=O)ON=C1SCCN(C)C1=O. The van der Waals surface area contributed by atoms with E-state index in [2.05, 4.69) is 15.3 Å². The Labute approximate surface area is 85.6 Å². The smallest absolute Gasteiger partial charge is 0.339 e. The van der Waals surface area contributed by atoms with E-state index in [4.69, 9.17) is 0 Å². The highest BCUT2D eigenvalue weighted by Crippen LogP contribution is 2.13. The number of amides is 2. The molecule has 78 valence electrons. The third-order valence-corrected chi connectivity index (χ3v) is 2.52. The van der Waals surface area contributed by atoms with E-state index >= 15 is 0 Å². The van der Waals surface area contributed by atoms with Crippen molar-refractivity contribution < 1.29 is 14.4 Å². The number of oxime groups is 1.